The Hall–Kier alpha value is -1.35. The molecule has 2 aliphatic rings. The van der Waals surface area contributed by atoms with Gasteiger partial charge < -0.3 is 5.11 Å². The minimum atomic E-state index is -0.836. The van der Waals surface area contributed by atoms with E-state index in [9.17, 15) is 9.18 Å². The van der Waals surface area contributed by atoms with Crippen LogP contribution in [0.1, 0.15) is 82.6 Å². The first-order chi connectivity index (χ1) is 14.5. The lowest BCUT2D eigenvalue weighted by Gasteiger charge is -2.32. The molecule has 166 valence electrons. The van der Waals surface area contributed by atoms with Crippen LogP contribution in [0.4, 0.5) is 4.39 Å². The monoisotopic (exact) mass is 434 g/mol. The molecule has 30 heavy (non-hydrogen) atoms. The van der Waals surface area contributed by atoms with Crippen molar-refractivity contribution in [1.82, 2.24) is 0 Å². The van der Waals surface area contributed by atoms with Gasteiger partial charge in [0.15, 0.2) is 0 Å². The number of rotatable bonds is 9. The lowest BCUT2D eigenvalue weighted by molar-refractivity contribution is -0.131. The van der Waals surface area contributed by atoms with Crippen LogP contribution in [0.15, 0.2) is 30.4 Å². The molecule has 0 heterocycles. The first-order valence-corrected chi connectivity index (χ1v) is 12.2. The fraction of sp³-hybridized carbons (Fsp3) is 0.654. The van der Waals surface area contributed by atoms with Crippen LogP contribution < -0.4 is 0 Å². The highest BCUT2D eigenvalue weighted by Gasteiger charge is 2.24. The highest BCUT2D eigenvalue weighted by Crippen LogP contribution is 2.38. The number of benzene rings is 1. The molecule has 2 aliphatic carbocycles. The molecule has 2 saturated carbocycles. The second-order valence-electron chi connectivity index (χ2n) is 9.61. The van der Waals surface area contributed by atoms with Gasteiger partial charge in [0.2, 0.25) is 0 Å². The molecule has 4 heteroatoms. The first kappa shape index (κ1) is 23.3. The Balaban J connectivity index is 1.27. The summed E-state index contributed by atoms with van der Waals surface area (Å²) in [5, 5.41) is 8.90. The third kappa shape index (κ3) is 7.72. The number of allylic oxidation sites excluding steroid dienone is 1. The second kappa shape index (κ2) is 11.9. The molecule has 0 saturated heterocycles. The average molecular weight is 435 g/mol. The summed E-state index contributed by atoms with van der Waals surface area (Å²) >= 11 is 5.77. The van der Waals surface area contributed by atoms with Crippen molar-refractivity contribution in [2.24, 2.45) is 23.7 Å². The highest BCUT2D eigenvalue weighted by molar-refractivity contribution is 6.30. The van der Waals surface area contributed by atoms with Gasteiger partial charge >= 0.3 is 5.97 Å². The Morgan fingerprint density at radius 2 is 1.47 bits per heavy atom. The molecule has 0 unspecified atom stereocenters. The van der Waals surface area contributed by atoms with Gasteiger partial charge in [-0.05, 0) is 73.5 Å². The van der Waals surface area contributed by atoms with Crippen molar-refractivity contribution in [3.05, 3.63) is 46.8 Å². The summed E-state index contributed by atoms with van der Waals surface area (Å²) in [7, 11) is 0. The van der Waals surface area contributed by atoms with Gasteiger partial charge in [0, 0.05) is 6.08 Å². The van der Waals surface area contributed by atoms with Crippen LogP contribution in [0.5, 0.6) is 0 Å². The van der Waals surface area contributed by atoms with E-state index in [2.05, 4.69) is 0 Å². The minimum absolute atomic E-state index is 0.211. The molecule has 0 atom stereocenters. The molecule has 0 aliphatic heterocycles. The van der Waals surface area contributed by atoms with E-state index in [1.807, 2.05) is 12.1 Å². The molecule has 1 aromatic carbocycles. The van der Waals surface area contributed by atoms with Crippen LogP contribution >= 0.6 is 11.6 Å². The molecule has 0 bridgehead atoms. The zero-order valence-corrected chi connectivity index (χ0v) is 18.8. The molecular formula is C26H36ClFO2. The van der Waals surface area contributed by atoms with E-state index in [1.165, 1.54) is 70.3 Å². The number of aryl methyl sites for hydroxylation is 1. The number of halogens is 2. The number of aliphatic carboxylic acids is 1. The van der Waals surface area contributed by atoms with Crippen molar-refractivity contribution >= 4 is 17.6 Å². The highest BCUT2D eigenvalue weighted by atomic mass is 35.5. The van der Waals surface area contributed by atoms with E-state index < -0.39 is 5.97 Å². The summed E-state index contributed by atoms with van der Waals surface area (Å²) < 4.78 is 13.6. The van der Waals surface area contributed by atoms with Crippen LogP contribution in [0.25, 0.3) is 0 Å². The lowest BCUT2D eigenvalue weighted by Crippen LogP contribution is -2.18. The maximum absolute atomic E-state index is 13.6. The van der Waals surface area contributed by atoms with Gasteiger partial charge in [-0.3, -0.25) is 0 Å². The van der Waals surface area contributed by atoms with Crippen LogP contribution in [0.3, 0.4) is 0 Å². The zero-order valence-electron chi connectivity index (χ0n) is 18.0. The van der Waals surface area contributed by atoms with Crippen LogP contribution in [-0.2, 0) is 11.2 Å². The Bertz CT molecular complexity index is 701. The molecule has 1 N–H and O–H groups in total. The molecule has 0 amide bonds. The molecule has 0 radical (unpaired) electrons. The van der Waals surface area contributed by atoms with Crippen molar-refractivity contribution in [3.8, 4) is 0 Å². The summed E-state index contributed by atoms with van der Waals surface area (Å²) in [6, 6.07) is 5.21. The molecule has 1 aromatic rings. The van der Waals surface area contributed by atoms with E-state index in [-0.39, 0.29) is 10.8 Å². The summed E-state index contributed by atoms with van der Waals surface area (Å²) in [5.74, 6) is 2.10. The fourth-order valence-corrected chi connectivity index (χ4v) is 5.58. The van der Waals surface area contributed by atoms with E-state index in [0.29, 0.717) is 5.92 Å². The van der Waals surface area contributed by atoms with Crippen molar-refractivity contribution in [2.45, 2.75) is 83.5 Å². The maximum Gasteiger partial charge on any atom is 0.327 e. The zero-order chi connectivity index (χ0) is 21.3. The van der Waals surface area contributed by atoms with Crippen LogP contribution in [-0.4, -0.2) is 11.1 Å². The Labute approximate surface area is 185 Å². The van der Waals surface area contributed by atoms with E-state index in [0.717, 1.165) is 42.6 Å². The van der Waals surface area contributed by atoms with Crippen LogP contribution in [0, 0.1) is 29.5 Å². The molecule has 0 spiro atoms. The number of carboxylic acids is 1. The molecular weight excluding hydrogens is 399 g/mol. The number of carboxylic acid groups (broad SMARTS) is 1. The minimum Gasteiger partial charge on any atom is -0.478 e. The summed E-state index contributed by atoms with van der Waals surface area (Å²) in [6.07, 6.45) is 19.4. The lowest BCUT2D eigenvalue weighted by atomic mass is 9.74. The van der Waals surface area contributed by atoms with E-state index >= 15 is 0 Å². The van der Waals surface area contributed by atoms with Gasteiger partial charge in [-0.1, -0.05) is 75.1 Å². The normalized spacial score (nSPS) is 27.4. The quantitative estimate of drug-likeness (QED) is 0.402. The topological polar surface area (TPSA) is 37.3 Å². The van der Waals surface area contributed by atoms with E-state index in [4.69, 9.17) is 16.7 Å². The second-order valence-corrected chi connectivity index (χ2v) is 10.0. The van der Waals surface area contributed by atoms with E-state index in [1.54, 1.807) is 12.1 Å². The largest absolute Gasteiger partial charge is 0.478 e. The predicted molar refractivity (Wildman–Crippen MR) is 121 cm³/mol. The number of hydrogen-bond donors (Lipinski definition) is 1. The maximum atomic E-state index is 13.6. The molecule has 2 fully saturated rings. The Morgan fingerprint density at radius 3 is 2.00 bits per heavy atom. The number of carbonyl (C=O) groups is 1. The Morgan fingerprint density at radius 1 is 0.933 bits per heavy atom. The van der Waals surface area contributed by atoms with Crippen molar-refractivity contribution in [2.75, 3.05) is 0 Å². The first-order valence-electron chi connectivity index (χ1n) is 11.8. The smallest absolute Gasteiger partial charge is 0.327 e. The SMILES string of the molecule is O=C(O)C=CCC1CCC(CCC2CCC(CCc3ccc(Cl)c(F)c3)CC2)CC1. The van der Waals surface area contributed by atoms with Gasteiger partial charge in [0.1, 0.15) is 5.82 Å². The summed E-state index contributed by atoms with van der Waals surface area (Å²) in [6.45, 7) is 0. The Kier molecular flexibility index (Phi) is 9.24. The van der Waals surface area contributed by atoms with Crippen molar-refractivity contribution < 1.29 is 14.3 Å². The third-order valence-electron chi connectivity index (χ3n) is 7.47. The van der Waals surface area contributed by atoms with Crippen molar-refractivity contribution in [1.29, 1.82) is 0 Å². The van der Waals surface area contributed by atoms with Gasteiger partial charge in [0.25, 0.3) is 0 Å². The van der Waals surface area contributed by atoms with Gasteiger partial charge in [-0.25, -0.2) is 9.18 Å². The van der Waals surface area contributed by atoms with Gasteiger partial charge in [-0.15, -0.1) is 0 Å². The van der Waals surface area contributed by atoms with Crippen LogP contribution in [0.2, 0.25) is 5.02 Å². The number of hydrogen-bond acceptors (Lipinski definition) is 1. The molecule has 3 rings (SSSR count). The molecule has 2 nitrogen and oxygen atoms in total. The molecule has 0 aromatic heterocycles. The van der Waals surface area contributed by atoms with Crippen molar-refractivity contribution in [3.63, 3.8) is 0 Å². The standard InChI is InChI=1S/C26H36ClFO2/c27-24-17-16-23(18-25(24)28)15-14-22-12-10-21(11-13-22)9-8-20-6-4-19(5-7-20)2-1-3-26(29)30/h1,3,16-22H,2,4-15H2,(H,29,30). The predicted octanol–water partition coefficient (Wildman–Crippen LogP) is 7.84. The van der Waals surface area contributed by atoms with Gasteiger partial charge in [0.05, 0.1) is 5.02 Å². The third-order valence-corrected chi connectivity index (χ3v) is 7.78. The summed E-state index contributed by atoms with van der Waals surface area (Å²) in [5.41, 5.74) is 1.06. The van der Waals surface area contributed by atoms with Gasteiger partial charge in [-0.2, -0.15) is 0 Å². The summed E-state index contributed by atoms with van der Waals surface area (Å²) in [4.78, 5) is 10.6. The average Bonchev–Trinajstić information content (AvgIpc) is 2.74. The fourth-order valence-electron chi connectivity index (χ4n) is 5.46.